The van der Waals surface area contributed by atoms with Crippen LogP contribution in [0.2, 0.25) is 0 Å². The Morgan fingerprint density at radius 2 is 2.04 bits per heavy atom. The lowest BCUT2D eigenvalue weighted by molar-refractivity contribution is -0.161. The molecule has 1 saturated heterocycles. The third-order valence-electron chi connectivity index (χ3n) is 4.57. The Labute approximate surface area is 149 Å². The molecule has 0 radical (unpaired) electrons. The molecule has 1 unspecified atom stereocenters. The van der Waals surface area contributed by atoms with Crippen LogP contribution in [0.25, 0.3) is 11.1 Å². The molecule has 1 aliphatic rings. The Kier molecular flexibility index (Phi) is 6.20. The van der Waals surface area contributed by atoms with Crippen LogP contribution in [0.3, 0.4) is 0 Å². The highest BCUT2D eigenvalue weighted by atomic mass is 16.7. The molecule has 0 spiro atoms. The second-order valence-corrected chi connectivity index (χ2v) is 6.34. The standard InChI is InChI=1S/C21H25NO3/c1-16(22-23)18-10-11-20(17-7-3-2-4-8-17)19(15-18)12-14-25-21-9-5-6-13-24-21/h2-4,7-8,10-11,15,21,23H,5-6,9,12-14H2,1H3. The van der Waals surface area contributed by atoms with Crippen molar-refractivity contribution in [2.75, 3.05) is 13.2 Å². The Hall–Kier alpha value is -2.17. The van der Waals surface area contributed by atoms with Gasteiger partial charge in [-0.2, -0.15) is 0 Å². The van der Waals surface area contributed by atoms with Gasteiger partial charge < -0.3 is 14.7 Å². The average Bonchev–Trinajstić information content (AvgIpc) is 2.69. The molecule has 1 fully saturated rings. The molecule has 2 aromatic rings. The summed E-state index contributed by atoms with van der Waals surface area (Å²) < 4.78 is 11.5. The number of oxime groups is 1. The lowest BCUT2D eigenvalue weighted by atomic mass is 9.94. The molecule has 0 amide bonds. The van der Waals surface area contributed by atoms with Gasteiger partial charge in [-0.1, -0.05) is 47.6 Å². The zero-order chi connectivity index (χ0) is 17.5. The Balaban J connectivity index is 1.78. The van der Waals surface area contributed by atoms with E-state index in [0.29, 0.717) is 12.3 Å². The fourth-order valence-corrected chi connectivity index (χ4v) is 3.13. The summed E-state index contributed by atoms with van der Waals surface area (Å²) in [4.78, 5) is 0. The van der Waals surface area contributed by atoms with Crippen molar-refractivity contribution < 1.29 is 14.7 Å². The van der Waals surface area contributed by atoms with Gasteiger partial charge in [-0.05, 0) is 60.9 Å². The van der Waals surface area contributed by atoms with E-state index >= 15 is 0 Å². The highest BCUT2D eigenvalue weighted by molar-refractivity contribution is 5.99. The molecule has 1 heterocycles. The SMILES string of the molecule is CC(=NO)c1ccc(-c2ccccc2)c(CCOC2CCCCO2)c1. The second-order valence-electron chi connectivity index (χ2n) is 6.34. The van der Waals surface area contributed by atoms with Gasteiger partial charge in [-0.3, -0.25) is 0 Å². The maximum Gasteiger partial charge on any atom is 0.157 e. The smallest absolute Gasteiger partial charge is 0.157 e. The van der Waals surface area contributed by atoms with Crippen molar-refractivity contribution in [3.8, 4) is 11.1 Å². The molecular formula is C21H25NO3. The van der Waals surface area contributed by atoms with E-state index in [9.17, 15) is 0 Å². The van der Waals surface area contributed by atoms with Crippen molar-refractivity contribution >= 4 is 5.71 Å². The van der Waals surface area contributed by atoms with Crippen LogP contribution in [0.1, 0.15) is 37.3 Å². The van der Waals surface area contributed by atoms with E-state index in [4.69, 9.17) is 14.7 Å². The number of hydrogen-bond acceptors (Lipinski definition) is 4. The fraction of sp³-hybridized carbons (Fsp3) is 0.381. The number of hydrogen-bond donors (Lipinski definition) is 1. The first-order valence-corrected chi connectivity index (χ1v) is 8.88. The maximum absolute atomic E-state index is 9.06. The quantitative estimate of drug-likeness (QED) is 0.474. The Morgan fingerprint density at radius 1 is 1.20 bits per heavy atom. The minimum Gasteiger partial charge on any atom is -0.411 e. The summed E-state index contributed by atoms with van der Waals surface area (Å²) in [6, 6.07) is 16.5. The van der Waals surface area contributed by atoms with Gasteiger partial charge in [0, 0.05) is 6.61 Å². The molecular weight excluding hydrogens is 314 g/mol. The summed E-state index contributed by atoms with van der Waals surface area (Å²) in [6.45, 7) is 3.21. The molecule has 0 aromatic heterocycles. The number of nitrogens with zero attached hydrogens (tertiary/aromatic N) is 1. The summed E-state index contributed by atoms with van der Waals surface area (Å²) >= 11 is 0. The fourth-order valence-electron chi connectivity index (χ4n) is 3.13. The van der Waals surface area contributed by atoms with Crippen LogP contribution in [0.15, 0.2) is 53.7 Å². The molecule has 0 bridgehead atoms. The molecule has 0 aliphatic carbocycles. The summed E-state index contributed by atoms with van der Waals surface area (Å²) in [6.07, 6.45) is 3.98. The van der Waals surface area contributed by atoms with E-state index in [1.165, 1.54) is 23.1 Å². The van der Waals surface area contributed by atoms with E-state index in [0.717, 1.165) is 31.4 Å². The molecule has 25 heavy (non-hydrogen) atoms. The molecule has 1 aliphatic heterocycles. The molecule has 1 atom stereocenters. The number of rotatable bonds is 6. The van der Waals surface area contributed by atoms with Crippen LogP contribution >= 0.6 is 0 Å². The van der Waals surface area contributed by atoms with Crippen molar-refractivity contribution in [1.29, 1.82) is 0 Å². The van der Waals surface area contributed by atoms with E-state index in [-0.39, 0.29) is 6.29 Å². The number of ether oxygens (including phenoxy) is 2. The van der Waals surface area contributed by atoms with Crippen molar-refractivity contribution in [2.45, 2.75) is 38.9 Å². The number of benzene rings is 2. The van der Waals surface area contributed by atoms with Crippen LogP contribution in [0, 0.1) is 0 Å². The molecule has 132 valence electrons. The van der Waals surface area contributed by atoms with Crippen molar-refractivity contribution in [3.63, 3.8) is 0 Å². The van der Waals surface area contributed by atoms with Crippen molar-refractivity contribution in [3.05, 3.63) is 59.7 Å². The zero-order valence-corrected chi connectivity index (χ0v) is 14.6. The predicted octanol–water partition coefficient (Wildman–Crippen LogP) is 4.64. The molecule has 0 saturated carbocycles. The minimum absolute atomic E-state index is 0.0714. The maximum atomic E-state index is 9.06. The van der Waals surface area contributed by atoms with Gasteiger partial charge in [0.25, 0.3) is 0 Å². The van der Waals surface area contributed by atoms with Gasteiger partial charge in [-0.25, -0.2) is 0 Å². The van der Waals surface area contributed by atoms with E-state index in [1.807, 2.05) is 24.3 Å². The van der Waals surface area contributed by atoms with E-state index in [2.05, 4.69) is 29.4 Å². The highest BCUT2D eigenvalue weighted by Gasteiger charge is 2.14. The van der Waals surface area contributed by atoms with Crippen LogP contribution in [0.4, 0.5) is 0 Å². The first-order valence-electron chi connectivity index (χ1n) is 8.88. The molecule has 4 nitrogen and oxygen atoms in total. The summed E-state index contributed by atoms with van der Waals surface area (Å²) in [5.74, 6) is 0. The lowest BCUT2D eigenvalue weighted by Crippen LogP contribution is -2.23. The van der Waals surface area contributed by atoms with Gasteiger partial charge in [0.1, 0.15) is 0 Å². The summed E-state index contributed by atoms with van der Waals surface area (Å²) in [5, 5.41) is 12.4. The molecule has 4 heteroatoms. The van der Waals surface area contributed by atoms with Crippen LogP contribution < -0.4 is 0 Å². The summed E-state index contributed by atoms with van der Waals surface area (Å²) in [7, 11) is 0. The average molecular weight is 339 g/mol. The lowest BCUT2D eigenvalue weighted by Gasteiger charge is -2.23. The largest absolute Gasteiger partial charge is 0.411 e. The monoisotopic (exact) mass is 339 g/mol. The van der Waals surface area contributed by atoms with Gasteiger partial charge in [-0.15, -0.1) is 0 Å². The van der Waals surface area contributed by atoms with Crippen LogP contribution in [-0.4, -0.2) is 30.4 Å². The zero-order valence-electron chi connectivity index (χ0n) is 14.6. The minimum atomic E-state index is -0.0714. The first-order chi connectivity index (χ1) is 12.3. The third-order valence-corrected chi connectivity index (χ3v) is 4.57. The second kappa shape index (κ2) is 8.79. The molecule has 2 aromatic carbocycles. The Morgan fingerprint density at radius 3 is 2.76 bits per heavy atom. The van der Waals surface area contributed by atoms with Gasteiger partial charge >= 0.3 is 0 Å². The van der Waals surface area contributed by atoms with Crippen molar-refractivity contribution in [2.24, 2.45) is 5.16 Å². The van der Waals surface area contributed by atoms with Crippen LogP contribution in [-0.2, 0) is 15.9 Å². The Bertz CT molecular complexity index is 706. The topological polar surface area (TPSA) is 51.1 Å². The van der Waals surface area contributed by atoms with Gasteiger partial charge in [0.2, 0.25) is 0 Å². The normalized spacial score (nSPS) is 18.3. The molecule has 1 N–H and O–H groups in total. The van der Waals surface area contributed by atoms with E-state index < -0.39 is 0 Å². The molecule has 3 rings (SSSR count). The third kappa shape index (κ3) is 4.68. The van der Waals surface area contributed by atoms with Gasteiger partial charge in [0.05, 0.1) is 12.3 Å². The highest BCUT2D eigenvalue weighted by Crippen LogP contribution is 2.26. The van der Waals surface area contributed by atoms with Crippen molar-refractivity contribution in [1.82, 2.24) is 0 Å². The van der Waals surface area contributed by atoms with E-state index in [1.54, 1.807) is 6.92 Å². The first kappa shape index (κ1) is 17.6. The van der Waals surface area contributed by atoms with Gasteiger partial charge in [0.15, 0.2) is 6.29 Å². The predicted molar refractivity (Wildman–Crippen MR) is 99.1 cm³/mol. The summed E-state index contributed by atoms with van der Waals surface area (Å²) in [5.41, 5.74) is 5.07. The van der Waals surface area contributed by atoms with Crippen LogP contribution in [0.5, 0.6) is 0 Å².